The number of benzene rings is 1. The molecule has 0 saturated heterocycles. The standard InChI is InChI=1S/C11H11IN2/c12-11-7(6-13)4-5-8-9(11)2-1-3-10(8)14/h4-5,10H,1-3,14H2. The van der Waals surface area contributed by atoms with Crippen LogP contribution in [0.2, 0.25) is 0 Å². The lowest BCUT2D eigenvalue weighted by Crippen LogP contribution is -2.18. The Morgan fingerprint density at radius 3 is 3.00 bits per heavy atom. The van der Waals surface area contributed by atoms with Crippen LogP contribution < -0.4 is 5.73 Å². The predicted octanol–water partition coefficient (Wildman–Crippen LogP) is 2.50. The summed E-state index contributed by atoms with van der Waals surface area (Å²) in [6.45, 7) is 0. The molecule has 1 atom stereocenters. The Morgan fingerprint density at radius 1 is 1.50 bits per heavy atom. The topological polar surface area (TPSA) is 49.8 Å². The second-order valence-electron chi connectivity index (χ2n) is 3.61. The average molecular weight is 298 g/mol. The third kappa shape index (κ3) is 1.53. The fourth-order valence-electron chi connectivity index (χ4n) is 1.98. The van der Waals surface area contributed by atoms with Crippen molar-refractivity contribution in [2.24, 2.45) is 5.73 Å². The molecule has 1 aliphatic rings. The zero-order valence-electron chi connectivity index (χ0n) is 7.76. The van der Waals surface area contributed by atoms with Crippen LogP contribution in [0.3, 0.4) is 0 Å². The van der Waals surface area contributed by atoms with Gasteiger partial charge >= 0.3 is 0 Å². The summed E-state index contributed by atoms with van der Waals surface area (Å²) in [5.74, 6) is 0. The molecule has 2 rings (SSSR count). The third-order valence-electron chi connectivity index (χ3n) is 2.74. The Labute approximate surface area is 97.2 Å². The number of nitriles is 1. The van der Waals surface area contributed by atoms with Crippen LogP contribution in [0.4, 0.5) is 0 Å². The Bertz CT molecular complexity index is 406. The Kier molecular flexibility index (Phi) is 2.75. The highest BCUT2D eigenvalue weighted by Gasteiger charge is 2.20. The van der Waals surface area contributed by atoms with Crippen LogP contribution in [0.5, 0.6) is 0 Å². The molecule has 3 heteroatoms. The molecule has 0 saturated carbocycles. The minimum Gasteiger partial charge on any atom is -0.324 e. The van der Waals surface area contributed by atoms with Gasteiger partial charge in [-0.1, -0.05) is 6.07 Å². The molecular weight excluding hydrogens is 287 g/mol. The summed E-state index contributed by atoms with van der Waals surface area (Å²) < 4.78 is 1.10. The summed E-state index contributed by atoms with van der Waals surface area (Å²) in [7, 11) is 0. The first-order chi connectivity index (χ1) is 6.74. The number of hydrogen-bond donors (Lipinski definition) is 1. The normalized spacial score (nSPS) is 19.9. The molecule has 0 heterocycles. The molecule has 1 aromatic carbocycles. The van der Waals surface area contributed by atoms with Crippen LogP contribution in [0.15, 0.2) is 12.1 Å². The predicted molar refractivity (Wildman–Crippen MR) is 63.7 cm³/mol. The van der Waals surface area contributed by atoms with Gasteiger partial charge in [-0.2, -0.15) is 5.26 Å². The molecule has 0 fully saturated rings. The average Bonchev–Trinajstić information content (AvgIpc) is 2.20. The number of halogens is 1. The molecule has 2 N–H and O–H groups in total. The van der Waals surface area contributed by atoms with E-state index in [4.69, 9.17) is 11.0 Å². The maximum Gasteiger partial charge on any atom is 0.100 e. The molecule has 14 heavy (non-hydrogen) atoms. The van der Waals surface area contributed by atoms with Crippen molar-refractivity contribution in [3.8, 4) is 6.07 Å². The first-order valence-corrected chi connectivity index (χ1v) is 5.79. The monoisotopic (exact) mass is 298 g/mol. The highest BCUT2D eigenvalue weighted by molar-refractivity contribution is 14.1. The minimum atomic E-state index is 0.167. The van der Waals surface area contributed by atoms with Crippen molar-refractivity contribution in [3.63, 3.8) is 0 Å². The SMILES string of the molecule is N#Cc1ccc2c(c1I)CCCC2N. The van der Waals surface area contributed by atoms with Crippen molar-refractivity contribution in [1.82, 2.24) is 0 Å². The summed E-state index contributed by atoms with van der Waals surface area (Å²) in [5.41, 5.74) is 9.33. The van der Waals surface area contributed by atoms with E-state index in [1.165, 1.54) is 11.1 Å². The summed E-state index contributed by atoms with van der Waals surface area (Å²) >= 11 is 2.26. The van der Waals surface area contributed by atoms with Gasteiger partial charge in [0.25, 0.3) is 0 Å². The van der Waals surface area contributed by atoms with Gasteiger partial charge in [-0.15, -0.1) is 0 Å². The zero-order valence-corrected chi connectivity index (χ0v) is 9.91. The van der Waals surface area contributed by atoms with Gasteiger partial charge in [0.2, 0.25) is 0 Å². The van der Waals surface area contributed by atoms with Gasteiger partial charge in [-0.25, -0.2) is 0 Å². The van der Waals surface area contributed by atoms with Gasteiger partial charge in [-0.3, -0.25) is 0 Å². The van der Waals surface area contributed by atoms with Crippen LogP contribution in [0, 0.1) is 14.9 Å². The highest BCUT2D eigenvalue weighted by atomic mass is 127. The fourth-order valence-corrected chi connectivity index (χ4v) is 2.86. The van der Waals surface area contributed by atoms with Crippen LogP contribution in [-0.2, 0) is 6.42 Å². The lowest BCUT2D eigenvalue weighted by molar-refractivity contribution is 0.568. The number of rotatable bonds is 0. The number of fused-ring (bicyclic) bond motifs is 1. The molecule has 0 amide bonds. The van der Waals surface area contributed by atoms with Crippen LogP contribution in [-0.4, -0.2) is 0 Å². The van der Waals surface area contributed by atoms with Gasteiger partial charge in [0.15, 0.2) is 0 Å². The van der Waals surface area contributed by atoms with E-state index >= 15 is 0 Å². The molecule has 2 nitrogen and oxygen atoms in total. The summed E-state index contributed by atoms with van der Waals surface area (Å²) in [5, 5.41) is 8.90. The van der Waals surface area contributed by atoms with E-state index in [1.807, 2.05) is 12.1 Å². The maximum absolute atomic E-state index is 8.90. The second-order valence-corrected chi connectivity index (χ2v) is 4.68. The Balaban J connectivity index is 2.59. The Hall–Kier alpha value is -0.600. The van der Waals surface area contributed by atoms with E-state index in [-0.39, 0.29) is 6.04 Å². The highest BCUT2D eigenvalue weighted by Crippen LogP contribution is 2.32. The summed E-state index contributed by atoms with van der Waals surface area (Å²) in [6.07, 6.45) is 3.27. The van der Waals surface area contributed by atoms with E-state index in [2.05, 4.69) is 28.7 Å². The van der Waals surface area contributed by atoms with Crippen molar-refractivity contribution in [2.75, 3.05) is 0 Å². The molecule has 0 radical (unpaired) electrons. The fraction of sp³-hybridized carbons (Fsp3) is 0.364. The lowest BCUT2D eigenvalue weighted by atomic mass is 9.87. The number of hydrogen-bond acceptors (Lipinski definition) is 2. The molecule has 0 spiro atoms. The maximum atomic E-state index is 8.90. The molecular formula is C11H11IN2. The quantitative estimate of drug-likeness (QED) is 0.748. The summed E-state index contributed by atoms with van der Waals surface area (Å²) in [6, 6.07) is 6.27. The van der Waals surface area contributed by atoms with E-state index in [1.54, 1.807) is 0 Å². The van der Waals surface area contributed by atoms with E-state index < -0.39 is 0 Å². The number of nitrogens with zero attached hydrogens (tertiary/aromatic N) is 1. The lowest BCUT2D eigenvalue weighted by Gasteiger charge is -2.23. The van der Waals surface area contributed by atoms with E-state index in [0.717, 1.165) is 28.4 Å². The van der Waals surface area contributed by atoms with Gasteiger partial charge < -0.3 is 5.73 Å². The van der Waals surface area contributed by atoms with Crippen molar-refractivity contribution in [1.29, 1.82) is 5.26 Å². The smallest absolute Gasteiger partial charge is 0.100 e. The minimum absolute atomic E-state index is 0.167. The third-order valence-corrected chi connectivity index (χ3v) is 3.97. The Morgan fingerprint density at radius 2 is 2.29 bits per heavy atom. The molecule has 1 aromatic rings. The molecule has 1 aliphatic carbocycles. The van der Waals surface area contributed by atoms with Crippen molar-refractivity contribution in [3.05, 3.63) is 32.4 Å². The van der Waals surface area contributed by atoms with Gasteiger partial charge in [0, 0.05) is 9.61 Å². The first kappa shape index (κ1) is 9.94. The van der Waals surface area contributed by atoms with E-state index in [9.17, 15) is 0 Å². The van der Waals surface area contributed by atoms with Crippen molar-refractivity contribution >= 4 is 22.6 Å². The summed E-state index contributed by atoms with van der Waals surface area (Å²) in [4.78, 5) is 0. The molecule has 0 bridgehead atoms. The largest absolute Gasteiger partial charge is 0.324 e. The van der Waals surface area contributed by atoms with Gasteiger partial charge in [-0.05, 0) is 59.0 Å². The van der Waals surface area contributed by atoms with Crippen LogP contribution in [0.1, 0.15) is 35.6 Å². The van der Waals surface area contributed by atoms with Gasteiger partial charge in [0.1, 0.15) is 6.07 Å². The molecule has 0 aromatic heterocycles. The molecule has 72 valence electrons. The van der Waals surface area contributed by atoms with Crippen LogP contribution in [0.25, 0.3) is 0 Å². The second kappa shape index (κ2) is 3.87. The molecule has 1 unspecified atom stereocenters. The van der Waals surface area contributed by atoms with E-state index in [0.29, 0.717) is 0 Å². The number of nitrogens with two attached hydrogens (primary N) is 1. The van der Waals surface area contributed by atoms with Crippen molar-refractivity contribution in [2.45, 2.75) is 25.3 Å². The van der Waals surface area contributed by atoms with Crippen LogP contribution >= 0.6 is 22.6 Å². The van der Waals surface area contributed by atoms with Crippen molar-refractivity contribution < 1.29 is 0 Å². The zero-order chi connectivity index (χ0) is 10.1. The first-order valence-electron chi connectivity index (χ1n) is 4.71. The van der Waals surface area contributed by atoms with Gasteiger partial charge in [0.05, 0.1) is 5.56 Å². The molecule has 0 aliphatic heterocycles.